The zero-order valence-corrected chi connectivity index (χ0v) is 15.2. The summed E-state index contributed by atoms with van der Waals surface area (Å²) in [5.41, 5.74) is 1.52. The number of aromatic nitrogens is 2. The van der Waals surface area contributed by atoms with E-state index in [0.717, 1.165) is 11.1 Å². The molecule has 2 amide bonds. The van der Waals surface area contributed by atoms with Gasteiger partial charge in [0.25, 0.3) is 0 Å². The summed E-state index contributed by atoms with van der Waals surface area (Å²) in [5, 5.41) is 18.7. The number of carbonyl (C=O) groups excluding carboxylic acids is 1. The second-order valence-corrected chi connectivity index (χ2v) is 7.22. The van der Waals surface area contributed by atoms with Gasteiger partial charge in [0.05, 0.1) is 18.4 Å². The predicted octanol–water partition coefficient (Wildman–Crippen LogP) is 2.86. The van der Waals surface area contributed by atoms with Gasteiger partial charge >= 0.3 is 12.0 Å². The number of urea groups is 1. The normalized spacial score (nSPS) is 12.5. The standard InChI is InChI=1S/C18H23FN4O3/c1-18(2,3)15(16(24)25)21-17(26)23(4)10-12-9-20-22-14(12)11-5-7-13(19)8-6-11/h5-9,15H,10H2,1-4H3,(H,20,22)(H,21,26)(H,24,25)/t15-/m1/s1. The Morgan fingerprint density at radius 2 is 1.92 bits per heavy atom. The van der Waals surface area contributed by atoms with E-state index in [9.17, 15) is 19.1 Å². The molecule has 1 heterocycles. The summed E-state index contributed by atoms with van der Waals surface area (Å²) in [7, 11) is 1.57. The third-order valence-electron chi connectivity index (χ3n) is 3.99. The Kier molecular flexibility index (Phi) is 5.64. The molecule has 2 aromatic rings. The number of rotatable bonds is 5. The van der Waals surface area contributed by atoms with E-state index in [1.165, 1.54) is 17.0 Å². The van der Waals surface area contributed by atoms with E-state index >= 15 is 0 Å². The highest BCUT2D eigenvalue weighted by atomic mass is 19.1. The maximum Gasteiger partial charge on any atom is 0.326 e. The second kappa shape index (κ2) is 7.55. The molecule has 0 saturated carbocycles. The first-order chi connectivity index (χ1) is 12.1. The van der Waals surface area contributed by atoms with Gasteiger partial charge in [0.1, 0.15) is 11.9 Å². The lowest BCUT2D eigenvalue weighted by atomic mass is 9.87. The van der Waals surface area contributed by atoms with Gasteiger partial charge in [-0.05, 0) is 29.7 Å². The van der Waals surface area contributed by atoms with Gasteiger partial charge in [-0.2, -0.15) is 5.10 Å². The van der Waals surface area contributed by atoms with Gasteiger partial charge in [-0.1, -0.05) is 20.8 Å². The second-order valence-electron chi connectivity index (χ2n) is 7.22. The Morgan fingerprint density at radius 3 is 2.46 bits per heavy atom. The number of aromatic amines is 1. The summed E-state index contributed by atoms with van der Waals surface area (Å²) >= 11 is 0. The average molecular weight is 362 g/mol. The molecule has 0 aliphatic rings. The van der Waals surface area contributed by atoms with Crippen molar-refractivity contribution in [2.24, 2.45) is 5.41 Å². The van der Waals surface area contributed by atoms with E-state index in [1.54, 1.807) is 46.1 Å². The van der Waals surface area contributed by atoms with Gasteiger partial charge in [0.15, 0.2) is 0 Å². The van der Waals surface area contributed by atoms with Gasteiger partial charge in [-0.15, -0.1) is 0 Å². The summed E-state index contributed by atoms with van der Waals surface area (Å²) in [4.78, 5) is 25.2. The van der Waals surface area contributed by atoms with Crippen LogP contribution in [0.25, 0.3) is 11.3 Å². The predicted molar refractivity (Wildman–Crippen MR) is 94.9 cm³/mol. The molecule has 3 N–H and O–H groups in total. The van der Waals surface area contributed by atoms with E-state index in [-0.39, 0.29) is 12.4 Å². The number of aliphatic carboxylic acids is 1. The Balaban J connectivity index is 2.12. The van der Waals surface area contributed by atoms with Crippen LogP contribution in [-0.2, 0) is 11.3 Å². The number of halogens is 1. The van der Waals surface area contributed by atoms with Crippen LogP contribution in [0.3, 0.4) is 0 Å². The van der Waals surface area contributed by atoms with Crippen LogP contribution < -0.4 is 5.32 Å². The highest BCUT2D eigenvalue weighted by Gasteiger charge is 2.33. The number of amides is 2. The van der Waals surface area contributed by atoms with Crippen LogP contribution in [0, 0.1) is 11.2 Å². The molecule has 0 aliphatic carbocycles. The van der Waals surface area contributed by atoms with Crippen LogP contribution in [0.2, 0.25) is 0 Å². The Bertz CT molecular complexity index is 780. The smallest absolute Gasteiger partial charge is 0.326 e. The average Bonchev–Trinajstić information content (AvgIpc) is 2.99. The number of nitrogens with one attached hydrogen (secondary N) is 2. The molecular formula is C18H23FN4O3. The molecule has 1 aromatic heterocycles. The largest absolute Gasteiger partial charge is 0.480 e. The van der Waals surface area contributed by atoms with E-state index in [0.29, 0.717) is 5.69 Å². The molecule has 1 atom stereocenters. The zero-order valence-electron chi connectivity index (χ0n) is 15.2. The molecule has 26 heavy (non-hydrogen) atoms. The molecule has 0 spiro atoms. The molecule has 0 fully saturated rings. The zero-order chi connectivity index (χ0) is 19.5. The molecule has 0 aliphatic heterocycles. The number of nitrogens with zero attached hydrogens (tertiary/aromatic N) is 2. The van der Waals surface area contributed by atoms with Gasteiger partial charge in [0, 0.05) is 18.2 Å². The molecule has 140 valence electrons. The van der Waals surface area contributed by atoms with Crippen LogP contribution in [0.4, 0.5) is 9.18 Å². The van der Waals surface area contributed by atoms with Crippen molar-refractivity contribution in [1.82, 2.24) is 20.4 Å². The quantitative estimate of drug-likeness (QED) is 0.762. The molecule has 7 nitrogen and oxygen atoms in total. The maximum absolute atomic E-state index is 13.1. The maximum atomic E-state index is 13.1. The van der Waals surface area contributed by atoms with Crippen molar-refractivity contribution in [3.8, 4) is 11.3 Å². The molecule has 0 saturated heterocycles. The fraction of sp³-hybridized carbons (Fsp3) is 0.389. The number of hydrogen-bond donors (Lipinski definition) is 3. The monoisotopic (exact) mass is 362 g/mol. The highest BCUT2D eigenvalue weighted by Crippen LogP contribution is 2.23. The van der Waals surface area contributed by atoms with Crippen LogP contribution in [0.15, 0.2) is 30.5 Å². The lowest BCUT2D eigenvalue weighted by molar-refractivity contribution is -0.142. The molecule has 2 rings (SSSR count). The third-order valence-corrected chi connectivity index (χ3v) is 3.99. The summed E-state index contributed by atoms with van der Waals surface area (Å²) in [6, 6.07) is 4.41. The first kappa shape index (κ1) is 19.4. The van der Waals surface area contributed by atoms with E-state index in [4.69, 9.17) is 0 Å². The lowest BCUT2D eigenvalue weighted by Gasteiger charge is -2.29. The first-order valence-corrected chi connectivity index (χ1v) is 8.12. The van der Waals surface area contributed by atoms with E-state index < -0.39 is 23.5 Å². The van der Waals surface area contributed by atoms with Gasteiger partial charge in [0.2, 0.25) is 0 Å². The molecule has 0 bridgehead atoms. The summed E-state index contributed by atoms with van der Waals surface area (Å²) in [6.45, 7) is 5.45. The minimum Gasteiger partial charge on any atom is -0.480 e. The van der Waals surface area contributed by atoms with Gasteiger partial charge in [-0.3, -0.25) is 5.10 Å². The number of carboxylic acids is 1. The van der Waals surface area contributed by atoms with Crippen LogP contribution in [-0.4, -0.2) is 45.3 Å². The van der Waals surface area contributed by atoms with E-state index in [2.05, 4.69) is 15.5 Å². The number of benzene rings is 1. The first-order valence-electron chi connectivity index (χ1n) is 8.12. The summed E-state index contributed by atoms with van der Waals surface area (Å²) in [5.74, 6) is -1.43. The SMILES string of the molecule is CN(Cc1cn[nH]c1-c1ccc(F)cc1)C(=O)N[C@H](C(=O)O)C(C)(C)C. The van der Waals surface area contributed by atoms with Crippen molar-refractivity contribution in [3.63, 3.8) is 0 Å². The summed E-state index contributed by atoms with van der Waals surface area (Å²) in [6.07, 6.45) is 1.58. The molecular weight excluding hydrogens is 339 g/mol. The molecule has 1 aromatic carbocycles. The number of carbonyl (C=O) groups is 2. The minimum absolute atomic E-state index is 0.214. The Hall–Kier alpha value is -2.90. The fourth-order valence-corrected chi connectivity index (χ4v) is 2.51. The topological polar surface area (TPSA) is 98.3 Å². The van der Waals surface area contributed by atoms with Crippen molar-refractivity contribution in [2.75, 3.05) is 7.05 Å². The highest BCUT2D eigenvalue weighted by molar-refractivity contribution is 5.83. The van der Waals surface area contributed by atoms with Crippen molar-refractivity contribution >= 4 is 12.0 Å². The van der Waals surface area contributed by atoms with Crippen molar-refractivity contribution < 1.29 is 19.1 Å². The Labute approximate surface area is 151 Å². The van der Waals surface area contributed by atoms with Gasteiger partial charge in [-0.25, -0.2) is 14.0 Å². The Morgan fingerprint density at radius 1 is 1.31 bits per heavy atom. The van der Waals surface area contributed by atoms with Crippen molar-refractivity contribution in [3.05, 3.63) is 41.8 Å². The number of hydrogen-bond acceptors (Lipinski definition) is 3. The lowest BCUT2D eigenvalue weighted by Crippen LogP contribution is -2.52. The minimum atomic E-state index is -1.09. The van der Waals surface area contributed by atoms with Crippen LogP contribution >= 0.6 is 0 Å². The summed E-state index contributed by atoms with van der Waals surface area (Å²) < 4.78 is 13.1. The fourth-order valence-electron chi connectivity index (χ4n) is 2.51. The van der Waals surface area contributed by atoms with Crippen LogP contribution in [0.5, 0.6) is 0 Å². The van der Waals surface area contributed by atoms with Crippen LogP contribution in [0.1, 0.15) is 26.3 Å². The molecule has 0 radical (unpaired) electrons. The van der Waals surface area contributed by atoms with Crippen molar-refractivity contribution in [2.45, 2.75) is 33.4 Å². The molecule has 0 unspecified atom stereocenters. The number of H-pyrrole nitrogens is 1. The van der Waals surface area contributed by atoms with Crippen molar-refractivity contribution in [1.29, 1.82) is 0 Å². The molecule has 8 heteroatoms. The van der Waals surface area contributed by atoms with Gasteiger partial charge < -0.3 is 15.3 Å². The number of carboxylic acid groups (broad SMARTS) is 1. The third kappa shape index (κ3) is 4.59. The van der Waals surface area contributed by atoms with E-state index in [1.807, 2.05) is 0 Å².